The Kier molecular flexibility index (Phi) is 7.83. The van der Waals surface area contributed by atoms with Crippen molar-refractivity contribution < 1.29 is 57.2 Å². The molecule has 0 unspecified atom stereocenters. The Labute approximate surface area is 192 Å². The normalized spacial score (nSPS) is 14.2. The first kappa shape index (κ1) is 23.5. The van der Waals surface area contributed by atoms with Crippen LogP contribution < -0.4 is 28.1 Å². The van der Waals surface area contributed by atoms with Gasteiger partial charge in [0.25, 0.3) is 0 Å². The van der Waals surface area contributed by atoms with Crippen molar-refractivity contribution in [1.82, 2.24) is 0 Å². The fraction of sp³-hybridized carbons (Fsp3) is 0.273. The monoisotopic (exact) mass is 508 g/mol. The van der Waals surface area contributed by atoms with Crippen molar-refractivity contribution in [2.24, 2.45) is 0 Å². The summed E-state index contributed by atoms with van der Waals surface area (Å²) in [5, 5.41) is 0. The number of hydrogen-bond donors (Lipinski definition) is 0. The van der Waals surface area contributed by atoms with E-state index in [-0.39, 0.29) is 24.8 Å². The van der Waals surface area contributed by atoms with E-state index in [9.17, 15) is 0 Å². The standard InChI is InChI=1S/C13H9.C9H15O2Si.2ClH.Zr/c1-3-7-12-10(5-1)9-11-6-2-4-8-13(11)12;1-10-8-6-5-7-9(8)11-12(2,3)4;;;/h1-5,7-8H,9H2;7H,5H2,1-4H3;2*1H;/q;;;;+2/p-2. The molecule has 0 heterocycles. The minimum atomic E-state index is -1.63. The van der Waals surface area contributed by atoms with Gasteiger partial charge in [0.05, 0.1) is 0 Å². The van der Waals surface area contributed by atoms with E-state index in [2.05, 4.69) is 68.2 Å². The zero-order valence-corrected chi connectivity index (χ0v) is 21.6. The van der Waals surface area contributed by atoms with Crippen LogP contribution in [-0.2, 0) is 38.8 Å². The molecular weight excluding hydrogens is 486 g/mol. The van der Waals surface area contributed by atoms with Crippen LogP contribution in [0.3, 0.4) is 0 Å². The van der Waals surface area contributed by atoms with Crippen LogP contribution in [0.4, 0.5) is 0 Å². The van der Waals surface area contributed by atoms with Crippen LogP contribution in [0.15, 0.2) is 63.3 Å². The van der Waals surface area contributed by atoms with Crippen LogP contribution in [0.5, 0.6) is 0 Å². The number of rotatable bonds is 5. The molecule has 0 N–H and O–H groups in total. The minimum absolute atomic E-state index is 0. The van der Waals surface area contributed by atoms with Gasteiger partial charge in [-0.25, -0.2) is 0 Å². The van der Waals surface area contributed by atoms with E-state index in [1.54, 1.807) is 15.9 Å². The predicted octanol–water partition coefficient (Wildman–Crippen LogP) is -1.03. The van der Waals surface area contributed by atoms with E-state index >= 15 is 0 Å². The second-order valence-electron chi connectivity index (χ2n) is 7.79. The van der Waals surface area contributed by atoms with Crippen molar-refractivity contribution in [3.8, 4) is 11.1 Å². The first-order valence-corrected chi connectivity index (χ1v) is 15.0. The maximum absolute atomic E-state index is 6.26. The van der Waals surface area contributed by atoms with Gasteiger partial charge in [0, 0.05) is 0 Å². The van der Waals surface area contributed by atoms with Crippen LogP contribution in [-0.4, -0.2) is 15.4 Å². The van der Waals surface area contributed by atoms with Gasteiger partial charge in [0.15, 0.2) is 0 Å². The van der Waals surface area contributed by atoms with Crippen LogP contribution in [0.25, 0.3) is 11.1 Å². The Balaban J connectivity index is 0.00000140. The Morgan fingerprint density at radius 2 is 1.64 bits per heavy atom. The first-order chi connectivity index (χ1) is 12.5. The number of benzene rings is 2. The molecule has 2 aromatic rings. The van der Waals surface area contributed by atoms with Crippen molar-refractivity contribution in [1.29, 1.82) is 0 Å². The van der Waals surface area contributed by atoms with Crippen molar-refractivity contribution >= 4 is 11.6 Å². The van der Waals surface area contributed by atoms with E-state index < -0.39 is 31.6 Å². The number of fused-ring (bicyclic) bond motifs is 3. The third-order valence-corrected chi connectivity index (χ3v) is 9.19. The molecule has 2 aliphatic carbocycles. The van der Waals surface area contributed by atoms with Gasteiger partial charge in [-0.2, -0.15) is 0 Å². The zero-order chi connectivity index (χ0) is 18.3. The molecule has 0 saturated heterocycles. The van der Waals surface area contributed by atoms with E-state index in [0.717, 1.165) is 24.4 Å². The third kappa shape index (κ3) is 4.67. The molecule has 0 aliphatic heterocycles. The average Bonchev–Trinajstić information content (AvgIpc) is 3.15. The molecule has 0 atom stereocenters. The Bertz CT molecular complexity index is 932. The van der Waals surface area contributed by atoms with E-state index in [4.69, 9.17) is 9.16 Å². The van der Waals surface area contributed by atoms with Gasteiger partial charge < -0.3 is 24.8 Å². The molecule has 0 aromatic heterocycles. The van der Waals surface area contributed by atoms with Gasteiger partial charge >= 0.3 is 169 Å². The van der Waals surface area contributed by atoms with E-state index in [0.29, 0.717) is 0 Å². The van der Waals surface area contributed by atoms with Crippen molar-refractivity contribution in [2.45, 2.75) is 32.5 Å². The second kappa shape index (κ2) is 9.34. The molecular formula is C22H24Cl2O2SiZr. The smallest absolute Gasteiger partial charge is 1.00 e. The summed E-state index contributed by atoms with van der Waals surface area (Å²) in [5.41, 5.74) is 5.85. The second-order valence-corrected chi connectivity index (χ2v) is 15.6. The maximum Gasteiger partial charge on any atom is -1.00 e. The van der Waals surface area contributed by atoms with Gasteiger partial charge in [-0.3, -0.25) is 0 Å². The quantitative estimate of drug-likeness (QED) is 0.409. The number of ether oxygens (including phenoxy) is 1. The van der Waals surface area contributed by atoms with Crippen molar-refractivity contribution in [2.75, 3.05) is 7.11 Å². The van der Waals surface area contributed by atoms with Crippen molar-refractivity contribution in [3.05, 3.63) is 74.5 Å². The molecule has 6 heteroatoms. The van der Waals surface area contributed by atoms with Crippen LogP contribution >= 0.6 is 0 Å². The van der Waals surface area contributed by atoms with Gasteiger partial charge in [-0.1, -0.05) is 0 Å². The summed E-state index contributed by atoms with van der Waals surface area (Å²) in [5.74, 6) is 2.01. The zero-order valence-electron chi connectivity index (χ0n) is 16.6. The predicted molar refractivity (Wildman–Crippen MR) is 105 cm³/mol. The molecule has 0 bridgehead atoms. The first-order valence-electron chi connectivity index (χ1n) is 9.10. The molecule has 0 fully saturated rings. The summed E-state index contributed by atoms with van der Waals surface area (Å²) in [4.78, 5) is 0. The SMILES string of the molecule is COC1=[C]([Zr+2][c]2cccc3c2Cc2ccccc2-3)CC=C1O[Si](C)(C)C.[Cl-].[Cl-]. The van der Waals surface area contributed by atoms with Gasteiger partial charge in [0.2, 0.25) is 0 Å². The largest absolute Gasteiger partial charge is 1.00 e. The fourth-order valence-corrected chi connectivity index (χ4v) is 8.05. The summed E-state index contributed by atoms with van der Waals surface area (Å²) in [6.45, 7) is 6.67. The van der Waals surface area contributed by atoms with Crippen molar-refractivity contribution in [3.63, 3.8) is 0 Å². The third-order valence-electron chi connectivity index (χ3n) is 4.75. The minimum Gasteiger partial charge on any atom is -1.00 e. The van der Waals surface area contributed by atoms with E-state index in [1.165, 1.54) is 20.0 Å². The molecule has 0 radical (unpaired) electrons. The summed E-state index contributed by atoms with van der Waals surface area (Å²) >= 11 is -0.913. The summed E-state index contributed by atoms with van der Waals surface area (Å²) in [6.07, 6.45) is 4.29. The van der Waals surface area contributed by atoms with Crippen LogP contribution in [0.2, 0.25) is 19.6 Å². The summed E-state index contributed by atoms with van der Waals surface area (Å²) in [6, 6.07) is 15.7. The van der Waals surface area contributed by atoms with Gasteiger partial charge in [0.1, 0.15) is 0 Å². The molecule has 0 spiro atoms. The van der Waals surface area contributed by atoms with E-state index in [1.807, 2.05) is 0 Å². The summed E-state index contributed by atoms with van der Waals surface area (Å²) < 4.78 is 15.1. The molecule has 2 nitrogen and oxygen atoms in total. The molecule has 0 amide bonds. The fourth-order valence-electron chi connectivity index (χ4n) is 3.72. The molecule has 0 saturated carbocycles. The van der Waals surface area contributed by atoms with Gasteiger partial charge in [-0.05, 0) is 0 Å². The van der Waals surface area contributed by atoms with Gasteiger partial charge in [-0.15, -0.1) is 0 Å². The molecule has 2 aromatic carbocycles. The topological polar surface area (TPSA) is 18.5 Å². The maximum atomic E-state index is 6.26. The van der Waals surface area contributed by atoms with Crippen LogP contribution in [0.1, 0.15) is 17.5 Å². The Morgan fingerprint density at radius 1 is 0.929 bits per heavy atom. The molecule has 2 aliphatic rings. The Hall–Kier alpha value is -0.800. The molecule has 4 rings (SSSR count). The number of allylic oxidation sites excluding steroid dienone is 2. The molecule has 28 heavy (non-hydrogen) atoms. The summed E-state index contributed by atoms with van der Waals surface area (Å²) in [7, 11) is 0.159. The van der Waals surface area contributed by atoms with Crippen LogP contribution in [0, 0.1) is 0 Å². The average molecular weight is 511 g/mol. The number of methoxy groups -OCH3 is 1. The number of hydrogen-bond acceptors (Lipinski definition) is 2. The Morgan fingerprint density at radius 3 is 2.36 bits per heavy atom. The molecule has 146 valence electrons. The number of halogens is 2.